The number of aromatic hydroxyl groups is 1. The Morgan fingerprint density at radius 2 is 1.21 bits per heavy atom. The van der Waals surface area contributed by atoms with Crippen molar-refractivity contribution in [1.29, 1.82) is 0 Å². The number of benzene rings is 4. The Kier molecular flexibility index (Phi) is 14.6. The molecule has 14 heteroatoms. The van der Waals surface area contributed by atoms with Gasteiger partial charge in [0, 0.05) is 86.3 Å². The zero-order valence-electron chi connectivity index (χ0n) is 39.6. The third kappa shape index (κ3) is 10.3. The van der Waals surface area contributed by atoms with Gasteiger partial charge in [-0.25, -0.2) is 19.6 Å². The minimum atomic E-state index is -0.403. The third-order valence-electron chi connectivity index (χ3n) is 13.4. The highest BCUT2D eigenvalue weighted by molar-refractivity contribution is 5.78. The summed E-state index contributed by atoms with van der Waals surface area (Å²) in [5.41, 5.74) is 13.4. The molecule has 348 valence electrons. The number of likely N-dealkylation sites (N-methyl/N-ethyl adjacent to an activating group) is 4. The van der Waals surface area contributed by atoms with Gasteiger partial charge in [-0.05, 0) is 112 Å². The second-order valence-electron chi connectivity index (χ2n) is 18.7. The number of amides is 1. The number of carbonyl (C=O) groups excluding carboxylic acids is 2. The standard InChI is InChI=1S/C23H29N3O2.C13H18N2O.C9H13N.C7H6N4O/c1-16(14-17-8-6-5-7-9-17)24-22(27)28-18-10-11-20-19(15-18)23(2)12-13-25(3)21(23)26(20)4;1-13-6-7-14(2)12(13)15(3)11-5-4-9(16)8-10(11)13;1-8(10)7-9-5-3-2-4-6-9;12-7(10-3-1-8-5-10)11-4-2-9-6-11/h5-11,15-16,21H,12-14H2,1-4H3,(H,24,27);4-5,8,12,16H,6-7H2,1-3H3;2-6,8H,7,10H2,1H3;1-6H/t16-,21-,23+;12-,13+;8-;/m111./s1. The lowest BCUT2D eigenvalue weighted by Gasteiger charge is -2.32. The summed E-state index contributed by atoms with van der Waals surface area (Å²) in [5.74, 6) is 0.983. The Bertz CT molecular complexity index is 2480. The molecule has 4 N–H and O–H groups in total. The number of imidazole rings is 2. The zero-order chi connectivity index (χ0) is 47.2. The molecule has 14 nitrogen and oxygen atoms in total. The predicted molar refractivity (Wildman–Crippen MR) is 261 cm³/mol. The number of rotatable bonds is 6. The quantitative estimate of drug-likeness (QED) is 0.151. The molecule has 6 heterocycles. The molecule has 0 bridgehead atoms. The van der Waals surface area contributed by atoms with Gasteiger partial charge in [-0.2, -0.15) is 0 Å². The molecule has 4 aliphatic heterocycles. The summed E-state index contributed by atoms with van der Waals surface area (Å²) < 4.78 is 8.37. The lowest BCUT2D eigenvalue weighted by molar-refractivity contribution is 0.196. The fraction of sp³-hybridized carbons (Fsp3) is 0.385. The molecule has 1 amide bonds. The minimum absolute atomic E-state index is 0.000778. The van der Waals surface area contributed by atoms with E-state index in [2.05, 4.69) is 107 Å². The maximum Gasteiger partial charge on any atom is 0.412 e. The Morgan fingerprint density at radius 1 is 0.727 bits per heavy atom. The van der Waals surface area contributed by atoms with E-state index in [-0.39, 0.29) is 28.9 Å². The van der Waals surface area contributed by atoms with Crippen LogP contribution in [-0.4, -0.2) is 112 Å². The van der Waals surface area contributed by atoms with Crippen molar-refractivity contribution in [3.63, 3.8) is 0 Å². The summed E-state index contributed by atoms with van der Waals surface area (Å²) >= 11 is 0. The molecule has 0 aliphatic carbocycles. The lowest BCUT2D eigenvalue weighted by atomic mass is 9.81. The number of nitrogens with one attached hydrogen (secondary N) is 1. The molecular formula is C52H66N10O4. The number of phenolic OH excluding ortho intramolecular Hbond substituents is 1. The van der Waals surface area contributed by atoms with E-state index in [0.717, 1.165) is 38.8 Å². The molecule has 2 aromatic heterocycles. The van der Waals surface area contributed by atoms with Crippen molar-refractivity contribution in [1.82, 2.24) is 34.2 Å². The molecule has 6 atom stereocenters. The SMILES string of the molecule is CN1CC[C@@]2(C)c3cc(O)ccc3N(C)[C@@H]12.C[C@@H](N)Cc1ccccc1.C[C@H](Cc1ccccc1)NC(=O)Oc1ccc2c(c1)[C@]1(C)CCN(C)[C@@H]1N2C.O=C(n1ccnc1)n1ccnc1. The Morgan fingerprint density at radius 3 is 1.70 bits per heavy atom. The fourth-order valence-electron chi connectivity index (χ4n) is 10.4. The number of anilines is 2. The maximum atomic E-state index is 12.4. The highest BCUT2D eigenvalue weighted by Crippen LogP contribution is 2.53. The summed E-state index contributed by atoms with van der Waals surface area (Å²) in [4.78, 5) is 40.8. The van der Waals surface area contributed by atoms with E-state index in [0.29, 0.717) is 23.8 Å². The van der Waals surface area contributed by atoms with Crippen LogP contribution in [0, 0.1) is 0 Å². The van der Waals surface area contributed by atoms with Gasteiger partial charge in [0.25, 0.3) is 0 Å². The summed E-state index contributed by atoms with van der Waals surface area (Å²) in [6.07, 6.45) is 13.6. The van der Waals surface area contributed by atoms with Crippen LogP contribution >= 0.6 is 0 Å². The van der Waals surface area contributed by atoms with Crippen LogP contribution in [0.3, 0.4) is 0 Å². The Balaban J connectivity index is 0.000000144. The molecule has 66 heavy (non-hydrogen) atoms. The van der Waals surface area contributed by atoms with Crippen LogP contribution in [0.15, 0.2) is 135 Å². The van der Waals surface area contributed by atoms with E-state index in [4.69, 9.17) is 10.5 Å². The molecule has 0 spiro atoms. The van der Waals surface area contributed by atoms with Crippen molar-refractivity contribution in [2.45, 2.75) is 88.6 Å². The molecule has 4 aromatic carbocycles. The van der Waals surface area contributed by atoms with E-state index < -0.39 is 6.09 Å². The summed E-state index contributed by atoms with van der Waals surface area (Å²) in [5, 5.41) is 12.6. The maximum absolute atomic E-state index is 12.4. The molecular weight excluding hydrogens is 829 g/mol. The van der Waals surface area contributed by atoms with E-state index in [1.165, 1.54) is 55.4 Å². The van der Waals surface area contributed by atoms with Crippen molar-refractivity contribution in [2.24, 2.45) is 5.73 Å². The van der Waals surface area contributed by atoms with Crippen LogP contribution < -0.4 is 25.6 Å². The number of phenols is 1. The number of hydrogen-bond acceptors (Lipinski definition) is 11. The predicted octanol–water partition coefficient (Wildman–Crippen LogP) is 7.71. The fourth-order valence-corrected chi connectivity index (χ4v) is 10.4. The topological polar surface area (TPSA) is 150 Å². The molecule has 0 unspecified atom stereocenters. The highest BCUT2D eigenvalue weighted by Gasteiger charge is 2.53. The van der Waals surface area contributed by atoms with Crippen molar-refractivity contribution in [2.75, 3.05) is 51.1 Å². The number of nitrogens with two attached hydrogens (primary N) is 1. The monoisotopic (exact) mass is 895 g/mol. The molecule has 10 rings (SSSR count). The second kappa shape index (κ2) is 20.4. The van der Waals surface area contributed by atoms with Crippen LogP contribution in [0.1, 0.15) is 62.8 Å². The Hall–Kier alpha value is -6.48. The summed E-state index contributed by atoms with van der Waals surface area (Å²) in [6, 6.07) is 32.3. The first kappa shape index (κ1) is 47.5. The first-order valence-electron chi connectivity index (χ1n) is 22.8. The van der Waals surface area contributed by atoms with E-state index in [1.54, 1.807) is 30.9 Å². The second-order valence-corrected chi connectivity index (χ2v) is 18.7. The highest BCUT2D eigenvalue weighted by atomic mass is 16.6. The van der Waals surface area contributed by atoms with Gasteiger partial charge in [0.05, 0.1) is 12.3 Å². The number of nitrogens with zero attached hydrogens (tertiary/aromatic N) is 8. The molecule has 0 radical (unpaired) electrons. The largest absolute Gasteiger partial charge is 0.508 e. The normalized spacial score (nSPS) is 22.2. The molecule has 2 saturated heterocycles. The van der Waals surface area contributed by atoms with Crippen LogP contribution in [0.4, 0.5) is 21.0 Å². The zero-order valence-corrected chi connectivity index (χ0v) is 39.6. The Labute approximate surface area is 389 Å². The van der Waals surface area contributed by atoms with Gasteiger partial charge in [0.2, 0.25) is 0 Å². The molecule has 4 aliphatic rings. The molecule has 2 fully saturated rings. The van der Waals surface area contributed by atoms with Crippen molar-refractivity contribution in [3.05, 3.63) is 157 Å². The van der Waals surface area contributed by atoms with Crippen LogP contribution in [0.25, 0.3) is 0 Å². The third-order valence-corrected chi connectivity index (χ3v) is 13.4. The number of fused-ring (bicyclic) bond motifs is 6. The van der Waals surface area contributed by atoms with Crippen molar-refractivity contribution in [3.8, 4) is 11.5 Å². The van der Waals surface area contributed by atoms with E-state index >= 15 is 0 Å². The van der Waals surface area contributed by atoms with Gasteiger partial charge in [0.15, 0.2) is 0 Å². The van der Waals surface area contributed by atoms with E-state index in [1.807, 2.05) is 74.5 Å². The van der Waals surface area contributed by atoms with Gasteiger partial charge in [0.1, 0.15) is 24.2 Å². The van der Waals surface area contributed by atoms with E-state index in [9.17, 15) is 14.7 Å². The van der Waals surface area contributed by atoms with Gasteiger partial charge < -0.3 is 30.7 Å². The average Bonchev–Trinajstić information content (AvgIpc) is 4.16. The van der Waals surface area contributed by atoms with Crippen molar-refractivity contribution >= 4 is 23.5 Å². The number of ether oxygens (including phenoxy) is 1. The smallest absolute Gasteiger partial charge is 0.412 e. The molecule has 0 saturated carbocycles. The number of carbonyl (C=O) groups is 2. The van der Waals surface area contributed by atoms with Gasteiger partial charge in [-0.3, -0.25) is 18.9 Å². The number of likely N-dealkylation sites (tertiary alicyclic amines) is 2. The summed E-state index contributed by atoms with van der Waals surface area (Å²) in [7, 11) is 8.65. The first-order valence-corrected chi connectivity index (χ1v) is 22.8. The van der Waals surface area contributed by atoms with Crippen LogP contribution in [0.5, 0.6) is 11.5 Å². The number of hydrogen-bond donors (Lipinski definition) is 3. The van der Waals surface area contributed by atoms with Crippen molar-refractivity contribution < 1.29 is 19.4 Å². The van der Waals surface area contributed by atoms with Gasteiger partial charge >= 0.3 is 12.1 Å². The van der Waals surface area contributed by atoms with Gasteiger partial charge in [-0.15, -0.1) is 0 Å². The number of aromatic nitrogens is 4. The summed E-state index contributed by atoms with van der Waals surface area (Å²) in [6.45, 7) is 10.8. The lowest BCUT2D eigenvalue weighted by Crippen LogP contribution is -2.45. The van der Waals surface area contributed by atoms with Crippen LogP contribution in [-0.2, 0) is 23.7 Å². The molecule has 6 aromatic rings. The average molecular weight is 895 g/mol. The van der Waals surface area contributed by atoms with Gasteiger partial charge in [-0.1, -0.05) is 74.5 Å². The van der Waals surface area contributed by atoms with Crippen LogP contribution in [0.2, 0.25) is 0 Å². The first-order chi connectivity index (χ1) is 31.6. The minimum Gasteiger partial charge on any atom is -0.508 e.